The van der Waals surface area contributed by atoms with E-state index in [2.05, 4.69) is 5.32 Å². The van der Waals surface area contributed by atoms with Crippen LogP contribution < -0.4 is 10.9 Å². The lowest BCUT2D eigenvalue weighted by atomic mass is 10.1. The molecular weight excluding hydrogens is 430 g/mol. The van der Waals surface area contributed by atoms with Gasteiger partial charge in [0.1, 0.15) is 0 Å². The molecule has 1 amide bonds. The summed E-state index contributed by atoms with van der Waals surface area (Å²) in [5, 5.41) is 3.67. The maximum atomic E-state index is 13.5. The number of rotatable bonds is 7. The van der Waals surface area contributed by atoms with Crippen molar-refractivity contribution in [3.05, 3.63) is 99.8 Å². The van der Waals surface area contributed by atoms with Crippen LogP contribution in [0, 0.1) is 13.8 Å². The molecule has 0 aliphatic carbocycles. The van der Waals surface area contributed by atoms with Crippen LogP contribution in [0.5, 0.6) is 0 Å². The summed E-state index contributed by atoms with van der Waals surface area (Å²) in [4.78, 5) is 31.1. The summed E-state index contributed by atoms with van der Waals surface area (Å²) < 4.78 is 1.64. The largest absolute Gasteiger partial charge is 0.355 e. The lowest BCUT2D eigenvalue weighted by Crippen LogP contribution is -2.33. The highest BCUT2D eigenvalue weighted by Crippen LogP contribution is 2.27. The molecule has 1 atom stereocenters. The van der Waals surface area contributed by atoms with Crippen molar-refractivity contribution in [3.8, 4) is 5.69 Å². The molecule has 0 aliphatic heterocycles. The number of para-hydroxylation sites is 1. The van der Waals surface area contributed by atoms with Gasteiger partial charge < -0.3 is 5.32 Å². The topological polar surface area (TPSA) is 64.0 Å². The molecular formula is C27H27N3O2S. The summed E-state index contributed by atoms with van der Waals surface area (Å²) in [5.41, 5.74) is 4.57. The van der Waals surface area contributed by atoms with E-state index >= 15 is 0 Å². The summed E-state index contributed by atoms with van der Waals surface area (Å²) in [5.74, 6) is -0.0779. The third-order valence-corrected chi connectivity index (χ3v) is 6.82. The molecule has 0 aliphatic rings. The van der Waals surface area contributed by atoms with Crippen molar-refractivity contribution in [2.24, 2.45) is 0 Å². The van der Waals surface area contributed by atoms with Crippen LogP contribution in [0.3, 0.4) is 0 Å². The van der Waals surface area contributed by atoms with E-state index in [1.165, 1.54) is 17.3 Å². The Labute approximate surface area is 197 Å². The van der Waals surface area contributed by atoms with Crippen LogP contribution in [0.1, 0.15) is 23.6 Å². The Morgan fingerprint density at radius 3 is 2.52 bits per heavy atom. The van der Waals surface area contributed by atoms with Crippen molar-refractivity contribution in [1.82, 2.24) is 14.9 Å². The van der Waals surface area contributed by atoms with Crippen molar-refractivity contribution >= 4 is 28.6 Å². The molecule has 168 valence electrons. The molecule has 1 heterocycles. The van der Waals surface area contributed by atoms with Gasteiger partial charge >= 0.3 is 0 Å². The summed E-state index contributed by atoms with van der Waals surface area (Å²) in [6, 6.07) is 23.3. The van der Waals surface area contributed by atoms with Gasteiger partial charge in [0.15, 0.2) is 5.16 Å². The third kappa shape index (κ3) is 5.01. The van der Waals surface area contributed by atoms with E-state index in [1.54, 1.807) is 10.6 Å². The smallest absolute Gasteiger partial charge is 0.266 e. The van der Waals surface area contributed by atoms with E-state index in [0.717, 1.165) is 23.2 Å². The predicted octanol–water partition coefficient (Wildman–Crippen LogP) is 4.84. The number of amides is 1. The average Bonchev–Trinajstić information content (AvgIpc) is 2.82. The zero-order valence-corrected chi connectivity index (χ0v) is 19.9. The molecule has 6 heteroatoms. The van der Waals surface area contributed by atoms with Gasteiger partial charge in [-0.25, -0.2) is 4.98 Å². The predicted molar refractivity (Wildman–Crippen MR) is 135 cm³/mol. The van der Waals surface area contributed by atoms with Crippen LogP contribution in [0.4, 0.5) is 0 Å². The maximum Gasteiger partial charge on any atom is 0.266 e. The fraction of sp³-hybridized carbons (Fsp3) is 0.222. The maximum absolute atomic E-state index is 13.5. The number of aromatic nitrogens is 2. The van der Waals surface area contributed by atoms with Crippen molar-refractivity contribution in [2.45, 2.75) is 37.6 Å². The van der Waals surface area contributed by atoms with Gasteiger partial charge in [-0.3, -0.25) is 14.2 Å². The molecule has 0 spiro atoms. The molecule has 1 N–H and O–H groups in total. The van der Waals surface area contributed by atoms with Crippen LogP contribution in [0.25, 0.3) is 16.6 Å². The highest BCUT2D eigenvalue weighted by atomic mass is 32.2. The Morgan fingerprint density at radius 2 is 1.73 bits per heavy atom. The minimum atomic E-state index is -0.412. The quantitative estimate of drug-likeness (QED) is 0.319. The van der Waals surface area contributed by atoms with Crippen LogP contribution in [-0.2, 0) is 11.2 Å². The Kier molecular flexibility index (Phi) is 6.94. The van der Waals surface area contributed by atoms with E-state index < -0.39 is 5.25 Å². The molecule has 1 aromatic heterocycles. The zero-order valence-electron chi connectivity index (χ0n) is 19.0. The van der Waals surface area contributed by atoms with Gasteiger partial charge in [-0.15, -0.1) is 0 Å². The summed E-state index contributed by atoms with van der Waals surface area (Å²) in [7, 11) is 0. The summed E-state index contributed by atoms with van der Waals surface area (Å²) >= 11 is 1.30. The number of benzene rings is 3. The first-order valence-corrected chi connectivity index (χ1v) is 11.9. The fourth-order valence-corrected chi connectivity index (χ4v) is 4.66. The van der Waals surface area contributed by atoms with Gasteiger partial charge in [0.25, 0.3) is 5.56 Å². The monoisotopic (exact) mass is 457 g/mol. The molecule has 1 unspecified atom stereocenters. The number of nitrogens with zero attached hydrogens (tertiary/aromatic N) is 2. The Bertz CT molecular complexity index is 1350. The van der Waals surface area contributed by atoms with Crippen molar-refractivity contribution < 1.29 is 4.79 Å². The number of thioether (sulfide) groups is 1. The minimum Gasteiger partial charge on any atom is -0.355 e. The first-order chi connectivity index (χ1) is 16.0. The van der Waals surface area contributed by atoms with Crippen molar-refractivity contribution in [1.29, 1.82) is 0 Å². The van der Waals surface area contributed by atoms with Gasteiger partial charge in [0.05, 0.1) is 21.8 Å². The molecule has 5 nitrogen and oxygen atoms in total. The number of carbonyl (C=O) groups is 1. The highest BCUT2D eigenvalue weighted by molar-refractivity contribution is 8.00. The summed E-state index contributed by atoms with van der Waals surface area (Å²) in [6.45, 7) is 6.43. The van der Waals surface area contributed by atoms with Crippen LogP contribution >= 0.6 is 11.8 Å². The number of carbonyl (C=O) groups excluding carboxylic acids is 1. The Hall–Kier alpha value is -3.38. The molecule has 0 fully saturated rings. The SMILES string of the molecule is Cc1cccc(-n2c(SC(C)C(=O)NCCc3ccccc3)nc3ccccc3c2=O)c1C. The number of hydrogen-bond acceptors (Lipinski definition) is 4. The van der Waals surface area contributed by atoms with E-state index in [1.807, 2.05) is 87.5 Å². The van der Waals surface area contributed by atoms with Crippen molar-refractivity contribution in [2.75, 3.05) is 6.54 Å². The molecule has 3 aromatic carbocycles. The molecule has 0 bridgehead atoms. The number of nitrogens with one attached hydrogen (secondary N) is 1. The average molecular weight is 458 g/mol. The van der Waals surface area contributed by atoms with E-state index in [0.29, 0.717) is 22.6 Å². The number of fused-ring (bicyclic) bond motifs is 1. The second-order valence-electron chi connectivity index (χ2n) is 8.06. The summed E-state index contributed by atoms with van der Waals surface area (Å²) in [6.07, 6.45) is 0.769. The molecule has 0 saturated carbocycles. The standard InChI is InChI=1S/C27H27N3O2S/c1-18-10-9-15-24(19(18)2)30-26(32)22-13-7-8-14-23(22)29-27(30)33-20(3)25(31)28-17-16-21-11-5-4-6-12-21/h4-15,20H,16-17H2,1-3H3,(H,28,31). The van der Waals surface area contributed by atoms with Gasteiger partial charge in [0.2, 0.25) is 5.91 Å². The Balaban J connectivity index is 1.63. The van der Waals surface area contributed by atoms with Gasteiger partial charge in [-0.1, -0.05) is 66.4 Å². The molecule has 33 heavy (non-hydrogen) atoms. The first-order valence-electron chi connectivity index (χ1n) is 11.0. The van der Waals surface area contributed by atoms with Crippen LogP contribution in [-0.4, -0.2) is 27.3 Å². The van der Waals surface area contributed by atoms with E-state index in [4.69, 9.17) is 4.98 Å². The minimum absolute atomic E-state index is 0.0779. The molecule has 4 aromatic rings. The normalized spacial score (nSPS) is 12.0. The van der Waals surface area contributed by atoms with E-state index in [-0.39, 0.29) is 11.5 Å². The van der Waals surface area contributed by atoms with Gasteiger partial charge in [0, 0.05) is 6.54 Å². The van der Waals surface area contributed by atoms with Gasteiger partial charge in [-0.05, 0) is 62.1 Å². The number of hydrogen-bond donors (Lipinski definition) is 1. The lowest BCUT2D eigenvalue weighted by Gasteiger charge is -2.18. The van der Waals surface area contributed by atoms with E-state index in [9.17, 15) is 9.59 Å². The molecule has 4 rings (SSSR count). The highest BCUT2D eigenvalue weighted by Gasteiger charge is 2.21. The van der Waals surface area contributed by atoms with Crippen molar-refractivity contribution in [3.63, 3.8) is 0 Å². The fourth-order valence-electron chi connectivity index (χ4n) is 3.71. The first kappa shape index (κ1) is 22.8. The van der Waals surface area contributed by atoms with Crippen LogP contribution in [0.15, 0.2) is 82.7 Å². The zero-order chi connectivity index (χ0) is 23.4. The third-order valence-electron chi connectivity index (χ3n) is 5.77. The Morgan fingerprint density at radius 1 is 1.00 bits per heavy atom. The molecule has 0 saturated heterocycles. The second kappa shape index (κ2) is 10.0. The van der Waals surface area contributed by atoms with Gasteiger partial charge in [-0.2, -0.15) is 0 Å². The molecule has 0 radical (unpaired) electrons. The second-order valence-corrected chi connectivity index (χ2v) is 9.37. The lowest BCUT2D eigenvalue weighted by molar-refractivity contribution is -0.120. The number of aryl methyl sites for hydroxylation is 1. The van der Waals surface area contributed by atoms with Crippen LogP contribution in [0.2, 0.25) is 0 Å².